The molecular weight excluding hydrogens is 206 g/mol. The van der Waals surface area contributed by atoms with Gasteiger partial charge in [-0.05, 0) is 5.21 Å². The van der Waals surface area contributed by atoms with E-state index in [2.05, 4.69) is 25.7 Å². The van der Waals surface area contributed by atoms with Gasteiger partial charge in [0.05, 0.1) is 13.6 Å². The first-order valence-corrected chi connectivity index (χ1v) is 5.15. The molecule has 2 heterocycles. The Kier molecular flexibility index (Phi) is 3.25. The van der Waals surface area contributed by atoms with Crippen molar-refractivity contribution in [2.45, 2.75) is 13.0 Å². The fourth-order valence-electron chi connectivity index (χ4n) is 1.43. The molecule has 7 heteroatoms. The van der Waals surface area contributed by atoms with Crippen molar-refractivity contribution in [3.63, 3.8) is 0 Å². The van der Waals surface area contributed by atoms with Crippen LogP contribution in [0.5, 0.6) is 0 Å². The first kappa shape index (κ1) is 10.7. The van der Waals surface area contributed by atoms with Crippen molar-refractivity contribution in [3.05, 3.63) is 24.0 Å². The van der Waals surface area contributed by atoms with Gasteiger partial charge >= 0.3 is 0 Å². The van der Waals surface area contributed by atoms with Gasteiger partial charge in [-0.15, -0.1) is 10.2 Å². The van der Waals surface area contributed by atoms with Crippen molar-refractivity contribution in [3.8, 4) is 0 Å². The van der Waals surface area contributed by atoms with Gasteiger partial charge in [-0.25, -0.2) is 4.98 Å². The van der Waals surface area contributed by atoms with Crippen LogP contribution in [0, 0.1) is 0 Å². The summed E-state index contributed by atoms with van der Waals surface area (Å²) in [7, 11) is 3.75. The third-order valence-electron chi connectivity index (χ3n) is 2.28. The first-order chi connectivity index (χ1) is 7.75. The van der Waals surface area contributed by atoms with Crippen molar-refractivity contribution in [1.29, 1.82) is 0 Å². The second-order valence-corrected chi connectivity index (χ2v) is 3.58. The number of nitrogens with one attached hydrogen (secondary N) is 1. The second kappa shape index (κ2) is 4.84. The maximum atomic E-state index is 4.24. The molecule has 0 atom stereocenters. The minimum atomic E-state index is 0.637. The van der Waals surface area contributed by atoms with Gasteiger partial charge < -0.3 is 9.88 Å². The van der Waals surface area contributed by atoms with Gasteiger partial charge in [0.2, 0.25) is 0 Å². The van der Waals surface area contributed by atoms with E-state index in [1.54, 1.807) is 13.2 Å². The Balaban J connectivity index is 1.71. The molecule has 0 aliphatic carbocycles. The van der Waals surface area contributed by atoms with Gasteiger partial charge in [0.1, 0.15) is 5.82 Å². The van der Waals surface area contributed by atoms with Crippen LogP contribution in [-0.2, 0) is 27.1 Å². The van der Waals surface area contributed by atoms with E-state index in [1.165, 1.54) is 4.80 Å². The van der Waals surface area contributed by atoms with Gasteiger partial charge in [-0.2, -0.15) is 4.80 Å². The Hall–Kier alpha value is -1.76. The summed E-state index contributed by atoms with van der Waals surface area (Å²) in [6.45, 7) is 1.49. The number of rotatable bonds is 5. The smallest absolute Gasteiger partial charge is 0.188 e. The van der Waals surface area contributed by atoms with Crippen LogP contribution in [0.4, 0.5) is 0 Å². The number of hydrogen-bond donors (Lipinski definition) is 1. The van der Waals surface area contributed by atoms with Gasteiger partial charge in [-0.1, -0.05) is 0 Å². The average molecular weight is 221 g/mol. The summed E-state index contributed by atoms with van der Waals surface area (Å²) in [6, 6.07) is 0. The maximum Gasteiger partial charge on any atom is 0.188 e. The quantitative estimate of drug-likeness (QED) is 0.674. The fourth-order valence-corrected chi connectivity index (χ4v) is 1.43. The Morgan fingerprint density at radius 3 is 2.88 bits per heavy atom. The highest BCUT2D eigenvalue weighted by Gasteiger charge is 2.01. The fraction of sp³-hybridized carbons (Fsp3) is 0.556. The van der Waals surface area contributed by atoms with Crippen LogP contribution in [-0.4, -0.2) is 36.3 Å². The zero-order valence-electron chi connectivity index (χ0n) is 9.46. The summed E-state index contributed by atoms with van der Waals surface area (Å²) < 4.78 is 2.02. The minimum Gasteiger partial charge on any atom is -0.338 e. The summed E-state index contributed by atoms with van der Waals surface area (Å²) in [5.74, 6) is 1.78. The number of nitrogens with zero attached hydrogens (tertiary/aromatic N) is 6. The summed E-state index contributed by atoms with van der Waals surface area (Å²) in [5, 5.41) is 15.0. The van der Waals surface area contributed by atoms with E-state index in [0.717, 1.165) is 18.8 Å². The first-order valence-electron chi connectivity index (χ1n) is 5.15. The Morgan fingerprint density at radius 1 is 1.38 bits per heavy atom. The molecule has 1 N–H and O–H groups in total. The zero-order valence-corrected chi connectivity index (χ0v) is 9.46. The van der Waals surface area contributed by atoms with Crippen LogP contribution >= 0.6 is 0 Å². The lowest BCUT2D eigenvalue weighted by Crippen LogP contribution is -2.19. The molecule has 0 aromatic carbocycles. The molecular formula is C9H15N7. The number of aryl methyl sites for hydroxylation is 2. The summed E-state index contributed by atoms with van der Waals surface area (Å²) in [4.78, 5) is 5.69. The largest absolute Gasteiger partial charge is 0.338 e. The second-order valence-electron chi connectivity index (χ2n) is 3.58. The van der Waals surface area contributed by atoms with E-state index in [9.17, 15) is 0 Å². The van der Waals surface area contributed by atoms with Crippen LogP contribution in [0.3, 0.4) is 0 Å². The van der Waals surface area contributed by atoms with Gasteiger partial charge in [-0.3, -0.25) is 0 Å². The molecule has 0 aliphatic rings. The van der Waals surface area contributed by atoms with Crippen molar-refractivity contribution in [2.24, 2.45) is 14.1 Å². The predicted molar refractivity (Wildman–Crippen MR) is 57.4 cm³/mol. The average Bonchev–Trinajstić information content (AvgIpc) is 2.83. The summed E-state index contributed by atoms with van der Waals surface area (Å²) >= 11 is 0. The lowest BCUT2D eigenvalue weighted by Gasteiger charge is -2.02. The van der Waals surface area contributed by atoms with Crippen LogP contribution < -0.4 is 5.32 Å². The maximum absolute atomic E-state index is 4.24. The molecule has 0 radical (unpaired) electrons. The predicted octanol–water partition coefficient (Wildman–Crippen LogP) is -0.724. The lowest BCUT2D eigenvalue weighted by molar-refractivity contribution is 0.614. The topological polar surface area (TPSA) is 73.5 Å². The molecule has 2 aromatic rings. The SMILES string of the molecule is Cn1nnc(CNCCc2nccn2C)n1. The van der Waals surface area contributed by atoms with Gasteiger partial charge in [0.25, 0.3) is 0 Å². The zero-order chi connectivity index (χ0) is 11.4. The van der Waals surface area contributed by atoms with Crippen LogP contribution in [0.15, 0.2) is 12.4 Å². The summed E-state index contributed by atoms with van der Waals surface area (Å²) in [5.41, 5.74) is 0. The van der Waals surface area contributed by atoms with E-state index in [1.807, 2.05) is 17.8 Å². The number of tetrazole rings is 1. The molecule has 0 aliphatic heterocycles. The monoisotopic (exact) mass is 221 g/mol. The van der Waals surface area contributed by atoms with E-state index < -0.39 is 0 Å². The molecule has 86 valence electrons. The third-order valence-corrected chi connectivity index (χ3v) is 2.28. The number of imidazole rings is 1. The molecule has 0 saturated carbocycles. The highest BCUT2D eigenvalue weighted by molar-refractivity contribution is 4.91. The molecule has 16 heavy (non-hydrogen) atoms. The highest BCUT2D eigenvalue weighted by Crippen LogP contribution is 1.94. The van der Waals surface area contributed by atoms with Crippen molar-refractivity contribution >= 4 is 0 Å². The lowest BCUT2D eigenvalue weighted by atomic mass is 10.4. The highest BCUT2D eigenvalue weighted by atomic mass is 15.6. The van der Waals surface area contributed by atoms with E-state index in [0.29, 0.717) is 12.4 Å². The van der Waals surface area contributed by atoms with Crippen LogP contribution in [0.25, 0.3) is 0 Å². The van der Waals surface area contributed by atoms with Crippen molar-refractivity contribution in [1.82, 2.24) is 35.1 Å². The molecule has 0 unspecified atom stereocenters. The molecule has 0 spiro atoms. The van der Waals surface area contributed by atoms with E-state index in [4.69, 9.17) is 0 Å². The molecule has 0 amide bonds. The van der Waals surface area contributed by atoms with Gasteiger partial charge in [0, 0.05) is 32.4 Å². The normalized spacial score (nSPS) is 10.9. The van der Waals surface area contributed by atoms with E-state index >= 15 is 0 Å². The third kappa shape index (κ3) is 2.63. The molecule has 7 nitrogen and oxygen atoms in total. The van der Waals surface area contributed by atoms with Crippen LogP contribution in [0.2, 0.25) is 0 Å². The molecule has 2 aromatic heterocycles. The molecule has 0 fully saturated rings. The number of aromatic nitrogens is 6. The van der Waals surface area contributed by atoms with Crippen molar-refractivity contribution < 1.29 is 0 Å². The van der Waals surface area contributed by atoms with Crippen molar-refractivity contribution in [2.75, 3.05) is 6.54 Å². The molecule has 0 saturated heterocycles. The number of hydrogen-bond acceptors (Lipinski definition) is 5. The van der Waals surface area contributed by atoms with Crippen LogP contribution in [0.1, 0.15) is 11.6 Å². The molecule has 2 rings (SSSR count). The molecule has 0 bridgehead atoms. The van der Waals surface area contributed by atoms with E-state index in [-0.39, 0.29) is 0 Å². The van der Waals surface area contributed by atoms with Gasteiger partial charge in [0.15, 0.2) is 5.82 Å². The summed E-state index contributed by atoms with van der Waals surface area (Å²) in [6.07, 6.45) is 4.64. The Morgan fingerprint density at radius 2 is 2.25 bits per heavy atom. The minimum absolute atomic E-state index is 0.637. The Labute approximate surface area is 93.5 Å². The Bertz CT molecular complexity index is 444. The standard InChI is InChI=1S/C9H15N7/c1-15-6-5-11-9(15)3-4-10-7-8-12-14-16(2)13-8/h5-6,10H,3-4,7H2,1-2H3.